The molecule has 134 valence electrons. The standard InChI is InChI=1S/C20H20FN3OS/c1-20(2,3)14-10-8-13(9-11-14)17(25)12-26-19-22-18(23-24-19)15-6-4-5-7-16(15)21/h4-11H,12H2,1-3H3,(H,22,23,24). The van der Waals surface area contributed by atoms with Crippen LogP contribution in [0.15, 0.2) is 53.7 Å². The van der Waals surface area contributed by atoms with E-state index in [0.717, 1.165) is 0 Å². The number of benzene rings is 2. The van der Waals surface area contributed by atoms with Crippen LogP contribution in [0.5, 0.6) is 0 Å². The van der Waals surface area contributed by atoms with E-state index in [1.807, 2.05) is 24.3 Å². The zero-order valence-corrected chi connectivity index (χ0v) is 15.7. The zero-order valence-electron chi connectivity index (χ0n) is 14.9. The van der Waals surface area contributed by atoms with Gasteiger partial charge in [-0.2, -0.15) is 0 Å². The Hall–Kier alpha value is -2.47. The lowest BCUT2D eigenvalue weighted by Gasteiger charge is -2.18. The highest BCUT2D eigenvalue weighted by Crippen LogP contribution is 2.24. The predicted molar refractivity (Wildman–Crippen MR) is 102 cm³/mol. The molecule has 0 bridgehead atoms. The Morgan fingerprint density at radius 3 is 2.46 bits per heavy atom. The maximum absolute atomic E-state index is 13.8. The van der Waals surface area contributed by atoms with Gasteiger partial charge >= 0.3 is 0 Å². The molecule has 0 spiro atoms. The third-order valence-electron chi connectivity index (χ3n) is 4.00. The van der Waals surface area contributed by atoms with Gasteiger partial charge in [0.15, 0.2) is 11.6 Å². The lowest BCUT2D eigenvalue weighted by molar-refractivity contribution is 0.102. The minimum absolute atomic E-state index is 0.00713. The second-order valence-electron chi connectivity index (χ2n) is 6.99. The first-order valence-electron chi connectivity index (χ1n) is 8.28. The quantitative estimate of drug-likeness (QED) is 0.514. The van der Waals surface area contributed by atoms with E-state index in [1.165, 1.54) is 23.4 Å². The van der Waals surface area contributed by atoms with Crippen molar-refractivity contribution in [3.8, 4) is 11.4 Å². The number of aromatic amines is 1. The Balaban J connectivity index is 1.64. The number of nitrogens with zero attached hydrogens (tertiary/aromatic N) is 2. The maximum Gasteiger partial charge on any atom is 0.209 e. The fourth-order valence-corrected chi connectivity index (χ4v) is 3.15. The molecule has 0 saturated heterocycles. The van der Waals surface area contributed by atoms with Crippen LogP contribution in [0.4, 0.5) is 4.39 Å². The molecule has 0 fully saturated rings. The molecular formula is C20H20FN3OS. The van der Waals surface area contributed by atoms with Gasteiger partial charge in [0.05, 0.1) is 11.3 Å². The molecule has 0 aliphatic rings. The van der Waals surface area contributed by atoms with Gasteiger partial charge in [-0.1, -0.05) is 68.9 Å². The summed E-state index contributed by atoms with van der Waals surface area (Å²) < 4.78 is 13.8. The van der Waals surface area contributed by atoms with Gasteiger partial charge in [0.1, 0.15) is 5.82 Å². The minimum Gasteiger partial charge on any atom is -0.293 e. The van der Waals surface area contributed by atoms with E-state index in [1.54, 1.807) is 18.2 Å². The van der Waals surface area contributed by atoms with E-state index in [0.29, 0.717) is 22.1 Å². The highest BCUT2D eigenvalue weighted by atomic mass is 32.2. The summed E-state index contributed by atoms with van der Waals surface area (Å²) >= 11 is 1.23. The molecule has 3 aromatic rings. The topological polar surface area (TPSA) is 58.6 Å². The van der Waals surface area contributed by atoms with Gasteiger partial charge in [-0.15, -0.1) is 5.10 Å². The number of H-pyrrole nitrogens is 1. The highest BCUT2D eigenvalue weighted by Gasteiger charge is 2.15. The van der Waals surface area contributed by atoms with Crippen molar-refractivity contribution in [1.29, 1.82) is 0 Å². The number of nitrogens with one attached hydrogen (secondary N) is 1. The summed E-state index contributed by atoms with van der Waals surface area (Å²) in [4.78, 5) is 16.6. The average molecular weight is 369 g/mol. The van der Waals surface area contributed by atoms with Crippen LogP contribution in [0.1, 0.15) is 36.7 Å². The fraction of sp³-hybridized carbons (Fsp3) is 0.250. The number of rotatable bonds is 5. The predicted octanol–water partition coefficient (Wildman–Crippen LogP) is 4.88. The number of carbonyl (C=O) groups excluding carboxylic acids is 1. The van der Waals surface area contributed by atoms with Crippen molar-refractivity contribution in [2.75, 3.05) is 5.75 Å². The number of halogens is 1. The maximum atomic E-state index is 13.8. The molecule has 6 heteroatoms. The lowest BCUT2D eigenvalue weighted by Crippen LogP contribution is -2.11. The highest BCUT2D eigenvalue weighted by molar-refractivity contribution is 7.99. The van der Waals surface area contributed by atoms with Crippen LogP contribution in [-0.4, -0.2) is 26.7 Å². The van der Waals surface area contributed by atoms with Crippen molar-refractivity contribution in [3.05, 3.63) is 65.5 Å². The molecule has 3 rings (SSSR count). The molecule has 0 aliphatic heterocycles. The molecule has 0 amide bonds. The van der Waals surface area contributed by atoms with Crippen molar-refractivity contribution < 1.29 is 9.18 Å². The third kappa shape index (κ3) is 4.19. The van der Waals surface area contributed by atoms with Crippen molar-refractivity contribution in [3.63, 3.8) is 0 Å². The normalized spacial score (nSPS) is 11.5. The molecular weight excluding hydrogens is 349 g/mol. The monoisotopic (exact) mass is 369 g/mol. The molecule has 0 unspecified atom stereocenters. The molecule has 0 radical (unpaired) electrons. The van der Waals surface area contributed by atoms with E-state index >= 15 is 0 Å². The molecule has 1 N–H and O–H groups in total. The molecule has 0 aliphatic carbocycles. The molecule has 26 heavy (non-hydrogen) atoms. The summed E-state index contributed by atoms with van der Waals surface area (Å²) in [7, 11) is 0. The molecule has 4 nitrogen and oxygen atoms in total. The Bertz CT molecular complexity index is 913. The Kier molecular flexibility index (Phi) is 5.23. The zero-order chi connectivity index (χ0) is 18.7. The van der Waals surface area contributed by atoms with Gasteiger partial charge in [0.2, 0.25) is 5.16 Å². The number of hydrogen-bond donors (Lipinski definition) is 1. The first-order chi connectivity index (χ1) is 12.3. The number of aromatic nitrogens is 3. The van der Waals surface area contributed by atoms with Crippen molar-refractivity contribution in [2.24, 2.45) is 0 Å². The molecule has 0 saturated carbocycles. The Morgan fingerprint density at radius 1 is 1.12 bits per heavy atom. The summed E-state index contributed by atoms with van der Waals surface area (Å²) in [5.41, 5.74) is 2.26. The lowest BCUT2D eigenvalue weighted by atomic mass is 9.86. The third-order valence-corrected chi connectivity index (χ3v) is 4.85. The van der Waals surface area contributed by atoms with Gasteiger partial charge in [-0.3, -0.25) is 9.89 Å². The van der Waals surface area contributed by atoms with Crippen LogP contribution in [0.2, 0.25) is 0 Å². The van der Waals surface area contributed by atoms with Gasteiger partial charge in [-0.25, -0.2) is 9.37 Å². The second-order valence-corrected chi connectivity index (χ2v) is 7.93. The first-order valence-corrected chi connectivity index (χ1v) is 9.27. The molecule has 0 atom stereocenters. The summed E-state index contributed by atoms with van der Waals surface area (Å²) in [5.74, 6) is 0.221. The average Bonchev–Trinajstić information content (AvgIpc) is 3.08. The van der Waals surface area contributed by atoms with Gasteiger partial charge in [0, 0.05) is 5.56 Å². The van der Waals surface area contributed by atoms with Crippen LogP contribution >= 0.6 is 11.8 Å². The number of Topliss-reactive ketones (excluding diaryl/α,β-unsaturated/α-hetero) is 1. The summed E-state index contributed by atoms with van der Waals surface area (Å²) in [6.07, 6.45) is 0. The summed E-state index contributed by atoms with van der Waals surface area (Å²) in [6, 6.07) is 14.0. The molecule has 2 aromatic carbocycles. The van der Waals surface area contributed by atoms with Gasteiger partial charge in [-0.05, 0) is 23.1 Å². The van der Waals surface area contributed by atoms with Crippen LogP contribution in [0.25, 0.3) is 11.4 Å². The van der Waals surface area contributed by atoms with E-state index in [-0.39, 0.29) is 22.8 Å². The SMILES string of the molecule is CC(C)(C)c1ccc(C(=O)CSc2n[nH]c(-c3ccccc3F)n2)cc1. The fourth-order valence-electron chi connectivity index (χ4n) is 2.45. The number of thioether (sulfide) groups is 1. The smallest absolute Gasteiger partial charge is 0.209 e. The minimum atomic E-state index is -0.366. The van der Waals surface area contributed by atoms with Crippen molar-refractivity contribution in [2.45, 2.75) is 31.3 Å². The largest absolute Gasteiger partial charge is 0.293 e. The summed E-state index contributed by atoms with van der Waals surface area (Å²) in [6.45, 7) is 6.40. The number of hydrogen-bond acceptors (Lipinski definition) is 4. The van der Waals surface area contributed by atoms with E-state index < -0.39 is 0 Å². The van der Waals surface area contributed by atoms with Crippen molar-refractivity contribution >= 4 is 17.5 Å². The Labute approximate surface area is 156 Å². The second kappa shape index (κ2) is 7.41. The first kappa shape index (κ1) is 18.3. The number of ketones is 1. The number of carbonyl (C=O) groups is 1. The van der Waals surface area contributed by atoms with Gasteiger partial charge < -0.3 is 0 Å². The molecule has 1 aromatic heterocycles. The Morgan fingerprint density at radius 2 is 1.81 bits per heavy atom. The molecule has 1 heterocycles. The van der Waals surface area contributed by atoms with Gasteiger partial charge in [0.25, 0.3) is 0 Å². The van der Waals surface area contributed by atoms with E-state index in [4.69, 9.17) is 0 Å². The van der Waals surface area contributed by atoms with E-state index in [9.17, 15) is 9.18 Å². The summed E-state index contributed by atoms with van der Waals surface area (Å²) in [5, 5.41) is 7.19. The van der Waals surface area contributed by atoms with Crippen LogP contribution in [-0.2, 0) is 5.41 Å². The van der Waals surface area contributed by atoms with Crippen molar-refractivity contribution in [1.82, 2.24) is 15.2 Å². The van der Waals surface area contributed by atoms with Crippen LogP contribution in [0, 0.1) is 5.82 Å². The van der Waals surface area contributed by atoms with Crippen LogP contribution < -0.4 is 0 Å². The van der Waals surface area contributed by atoms with E-state index in [2.05, 4.69) is 36.0 Å². The van der Waals surface area contributed by atoms with Crippen LogP contribution in [0.3, 0.4) is 0 Å².